The Morgan fingerprint density at radius 3 is 2.12 bits per heavy atom. The molecule has 0 saturated heterocycles. The Bertz CT molecular complexity index is 516. The monoisotopic (exact) mass is 349 g/mol. The second-order valence-corrected chi connectivity index (χ2v) is 5.42. The van der Waals surface area contributed by atoms with Crippen molar-refractivity contribution >= 4 is 5.97 Å². The fourth-order valence-electron chi connectivity index (χ4n) is 2.27. The Kier molecular flexibility index (Phi) is 7.72. The molecule has 1 aromatic rings. The number of ether oxygens (including phenoxy) is 1. The molecule has 1 heterocycles. The maximum atomic E-state index is 12.9. The Hall–Kier alpha value is -1.57. The van der Waals surface area contributed by atoms with Crippen molar-refractivity contribution < 1.29 is 22.7 Å². The maximum absolute atomic E-state index is 12.9. The van der Waals surface area contributed by atoms with Crippen molar-refractivity contribution in [2.75, 3.05) is 26.2 Å². The van der Waals surface area contributed by atoms with E-state index in [9.17, 15) is 18.0 Å². The molecule has 1 saturated carbocycles. The van der Waals surface area contributed by atoms with Crippen molar-refractivity contribution in [1.82, 2.24) is 14.7 Å². The fraction of sp³-hybridized carbons (Fsp3) is 0.750. The van der Waals surface area contributed by atoms with Crippen LogP contribution in [0, 0.1) is 0 Å². The van der Waals surface area contributed by atoms with Crippen molar-refractivity contribution in [1.29, 1.82) is 0 Å². The summed E-state index contributed by atoms with van der Waals surface area (Å²) in [6, 6.07) is -0.241. The summed E-state index contributed by atoms with van der Waals surface area (Å²) in [4.78, 5) is 13.8. The number of rotatable bonds is 6. The zero-order chi connectivity index (χ0) is 18.3. The Morgan fingerprint density at radius 1 is 1.25 bits per heavy atom. The van der Waals surface area contributed by atoms with Crippen LogP contribution in [0.1, 0.15) is 62.6 Å². The molecule has 0 unspecified atom stereocenters. The van der Waals surface area contributed by atoms with Gasteiger partial charge in [0.2, 0.25) is 0 Å². The van der Waals surface area contributed by atoms with Gasteiger partial charge in [-0.05, 0) is 39.4 Å². The van der Waals surface area contributed by atoms with E-state index >= 15 is 0 Å². The first-order valence-electron chi connectivity index (χ1n) is 8.34. The smallest absolute Gasteiger partial charge is 0.433 e. The molecule has 0 amide bonds. The first-order chi connectivity index (χ1) is 11.3. The van der Waals surface area contributed by atoms with Crippen molar-refractivity contribution in [2.24, 2.45) is 0 Å². The zero-order valence-electron chi connectivity index (χ0n) is 14.7. The van der Waals surface area contributed by atoms with E-state index in [1.807, 2.05) is 0 Å². The lowest BCUT2D eigenvalue weighted by Gasteiger charge is -2.13. The van der Waals surface area contributed by atoms with E-state index in [2.05, 4.69) is 35.5 Å². The normalized spacial score (nSPS) is 14.3. The minimum Gasteiger partial charge on any atom is -0.462 e. The highest BCUT2D eigenvalue weighted by atomic mass is 19.4. The molecule has 5 nitrogen and oxygen atoms in total. The molecule has 0 radical (unpaired) electrons. The molecule has 138 valence electrons. The van der Waals surface area contributed by atoms with Gasteiger partial charge >= 0.3 is 12.1 Å². The van der Waals surface area contributed by atoms with Gasteiger partial charge in [0.25, 0.3) is 0 Å². The van der Waals surface area contributed by atoms with Gasteiger partial charge in [-0.25, -0.2) is 4.79 Å². The molecule has 0 spiro atoms. The van der Waals surface area contributed by atoms with Crippen LogP contribution in [-0.2, 0) is 10.9 Å². The molecule has 0 aliphatic heterocycles. The molecule has 1 aliphatic carbocycles. The van der Waals surface area contributed by atoms with Crippen LogP contribution < -0.4 is 0 Å². The van der Waals surface area contributed by atoms with Gasteiger partial charge in [0.1, 0.15) is 5.56 Å². The summed E-state index contributed by atoms with van der Waals surface area (Å²) in [5.74, 6) is -0.980. The summed E-state index contributed by atoms with van der Waals surface area (Å²) in [5.41, 5.74) is -1.51. The molecular formula is C16H26F3N3O2. The second kappa shape index (κ2) is 9.05. The van der Waals surface area contributed by atoms with Crippen LogP contribution in [0.25, 0.3) is 0 Å². The van der Waals surface area contributed by atoms with Crippen LogP contribution in [0.5, 0.6) is 0 Å². The number of alkyl halides is 3. The van der Waals surface area contributed by atoms with E-state index in [1.165, 1.54) is 26.6 Å². The third-order valence-corrected chi connectivity index (χ3v) is 3.79. The molecule has 0 N–H and O–H groups in total. The summed E-state index contributed by atoms with van der Waals surface area (Å²) in [6.07, 6.45) is -2.35. The predicted molar refractivity (Wildman–Crippen MR) is 84.9 cm³/mol. The van der Waals surface area contributed by atoms with Crippen molar-refractivity contribution in [2.45, 2.75) is 52.8 Å². The summed E-state index contributed by atoms with van der Waals surface area (Å²) in [5, 5.41) is 3.64. The molecular weight excluding hydrogens is 323 g/mol. The van der Waals surface area contributed by atoms with Gasteiger partial charge in [0.15, 0.2) is 5.69 Å². The number of carbonyl (C=O) groups excluding carboxylic acids is 1. The molecule has 24 heavy (non-hydrogen) atoms. The molecule has 0 bridgehead atoms. The molecule has 1 aliphatic rings. The fourth-order valence-corrected chi connectivity index (χ4v) is 2.27. The van der Waals surface area contributed by atoms with Crippen LogP contribution in [0.3, 0.4) is 0 Å². The zero-order valence-corrected chi connectivity index (χ0v) is 14.7. The van der Waals surface area contributed by atoms with Crippen LogP contribution in [0.15, 0.2) is 6.20 Å². The maximum Gasteiger partial charge on any atom is 0.433 e. The van der Waals surface area contributed by atoms with E-state index in [4.69, 9.17) is 0 Å². The van der Waals surface area contributed by atoms with Gasteiger partial charge < -0.3 is 9.64 Å². The highest BCUT2D eigenvalue weighted by Crippen LogP contribution is 2.41. The van der Waals surface area contributed by atoms with Gasteiger partial charge in [-0.2, -0.15) is 18.3 Å². The topological polar surface area (TPSA) is 47.4 Å². The highest BCUT2D eigenvalue weighted by Gasteiger charge is 2.43. The number of halogens is 3. The van der Waals surface area contributed by atoms with Crippen molar-refractivity contribution in [3.63, 3.8) is 0 Å². The van der Waals surface area contributed by atoms with E-state index in [0.717, 1.165) is 10.9 Å². The Labute approximate surface area is 140 Å². The first kappa shape index (κ1) is 20.5. The second-order valence-electron chi connectivity index (χ2n) is 5.42. The lowest BCUT2D eigenvalue weighted by Crippen LogP contribution is -2.21. The average Bonchev–Trinajstić information content (AvgIpc) is 3.26. The Morgan fingerprint density at radius 2 is 1.79 bits per heavy atom. The molecule has 1 fully saturated rings. The lowest BCUT2D eigenvalue weighted by atomic mass is 10.2. The van der Waals surface area contributed by atoms with Gasteiger partial charge in [0, 0.05) is 0 Å². The molecule has 8 heteroatoms. The molecule has 0 atom stereocenters. The lowest BCUT2D eigenvalue weighted by molar-refractivity contribution is -0.144. The third kappa shape index (κ3) is 5.51. The SMILES string of the molecule is CCN(CC)CC.CCOC(=O)c1cnn(C2CC2)c1C(F)(F)F. The third-order valence-electron chi connectivity index (χ3n) is 3.79. The highest BCUT2D eigenvalue weighted by molar-refractivity contribution is 5.90. The minimum absolute atomic E-state index is 0.0325. The summed E-state index contributed by atoms with van der Waals surface area (Å²) < 4.78 is 44.1. The average molecular weight is 349 g/mol. The van der Waals surface area contributed by atoms with Crippen molar-refractivity contribution in [3.8, 4) is 0 Å². The van der Waals surface area contributed by atoms with E-state index in [1.54, 1.807) is 0 Å². The van der Waals surface area contributed by atoms with Crippen LogP contribution >= 0.6 is 0 Å². The van der Waals surface area contributed by atoms with Gasteiger partial charge in [0.05, 0.1) is 18.8 Å². The van der Waals surface area contributed by atoms with Crippen LogP contribution in [0.4, 0.5) is 13.2 Å². The number of esters is 1. The Balaban J connectivity index is 0.000000351. The molecule has 0 aromatic carbocycles. The van der Waals surface area contributed by atoms with Crippen molar-refractivity contribution in [3.05, 3.63) is 17.5 Å². The van der Waals surface area contributed by atoms with Gasteiger partial charge in [-0.1, -0.05) is 20.8 Å². The summed E-state index contributed by atoms with van der Waals surface area (Å²) >= 11 is 0. The summed E-state index contributed by atoms with van der Waals surface area (Å²) in [6.45, 7) is 11.7. The largest absolute Gasteiger partial charge is 0.462 e. The number of nitrogens with zero attached hydrogens (tertiary/aromatic N) is 3. The van der Waals surface area contributed by atoms with E-state index < -0.39 is 23.4 Å². The van der Waals surface area contributed by atoms with Gasteiger partial charge in [-0.3, -0.25) is 4.68 Å². The van der Waals surface area contributed by atoms with Crippen LogP contribution in [-0.4, -0.2) is 46.9 Å². The molecule has 2 rings (SSSR count). The number of hydrogen-bond acceptors (Lipinski definition) is 4. The number of hydrogen-bond donors (Lipinski definition) is 0. The van der Waals surface area contributed by atoms with E-state index in [0.29, 0.717) is 12.8 Å². The van der Waals surface area contributed by atoms with E-state index in [-0.39, 0.29) is 12.6 Å². The van der Waals surface area contributed by atoms with Crippen LogP contribution in [0.2, 0.25) is 0 Å². The number of aromatic nitrogens is 2. The summed E-state index contributed by atoms with van der Waals surface area (Å²) in [7, 11) is 0. The molecule has 1 aromatic heterocycles. The quantitative estimate of drug-likeness (QED) is 0.734. The first-order valence-corrected chi connectivity index (χ1v) is 8.34. The predicted octanol–water partition coefficient (Wildman–Crippen LogP) is 3.76. The number of carbonyl (C=O) groups is 1. The standard InChI is InChI=1S/C10H11F3N2O2.C6H15N/c1-2-17-9(16)7-5-14-15(6-3-4-6)8(7)10(11,12)13;1-4-7(5-2)6-3/h5-6H,2-4H2,1H3;4-6H2,1-3H3. The van der Waals surface area contributed by atoms with Gasteiger partial charge in [-0.15, -0.1) is 0 Å². The minimum atomic E-state index is -4.60.